The van der Waals surface area contributed by atoms with Crippen molar-refractivity contribution in [1.82, 2.24) is 0 Å². The van der Waals surface area contributed by atoms with E-state index in [0.717, 1.165) is 0 Å². The van der Waals surface area contributed by atoms with Crippen molar-refractivity contribution in [1.29, 1.82) is 0 Å². The van der Waals surface area contributed by atoms with Gasteiger partial charge in [0, 0.05) is 0 Å². The van der Waals surface area contributed by atoms with E-state index >= 15 is 0 Å². The molecule has 1 atom stereocenters. The molecule has 0 aromatic heterocycles. The highest BCUT2D eigenvalue weighted by molar-refractivity contribution is 5.73. The Kier molecular flexibility index (Phi) is 4.25. The number of carboxylic acids is 1. The van der Waals surface area contributed by atoms with E-state index in [9.17, 15) is 9.18 Å². The number of methoxy groups -OCH3 is 1. The van der Waals surface area contributed by atoms with Crippen LogP contribution in [0.25, 0.3) is 0 Å². The second kappa shape index (κ2) is 5.46. The molecule has 0 saturated carbocycles. The van der Waals surface area contributed by atoms with Crippen molar-refractivity contribution in [3.05, 3.63) is 29.6 Å². The number of hydrogen-bond acceptors (Lipinski definition) is 3. The van der Waals surface area contributed by atoms with Gasteiger partial charge in [-0.05, 0) is 30.5 Å². The zero-order chi connectivity index (χ0) is 12.1. The Hall–Kier alpha value is -1.62. The van der Waals surface area contributed by atoms with Crippen LogP contribution in [0.3, 0.4) is 0 Å². The maximum Gasteiger partial charge on any atom is 0.320 e. The van der Waals surface area contributed by atoms with Gasteiger partial charge >= 0.3 is 5.97 Å². The number of carbonyl (C=O) groups is 1. The summed E-state index contributed by atoms with van der Waals surface area (Å²) in [5, 5.41) is 8.58. The fourth-order valence-corrected chi connectivity index (χ4v) is 1.31. The summed E-state index contributed by atoms with van der Waals surface area (Å²) in [5.74, 6) is -1.33. The van der Waals surface area contributed by atoms with Crippen LogP contribution >= 0.6 is 0 Å². The Morgan fingerprint density at radius 1 is 1.62 bits per heavy atom. The van der Waals surface area contributed by atoms with Crippen molar-refractivity contribution in [3.8, 4) is 5.75 Å². The lowest BCUT2D eigenvalue weighted by atomic mass is 10.1. The van der Waals surface area contributed by atoms with Crippen LogP contribution in [0.15, 0.2) is 18.2 Å². The monoisotopic (exact) mass is 227 g/mol. The zero-order valence-electron chi connectivity index (χ0n) is 8.94. The van der Waals surface area contributed by atoms with E-state index < -0.39 is 17.8 Å². The number of halogens is 1. The number of benzene rings is 1. The summed E-state index contributed by atoms with van der Waals surface area (Å²) < 4.78 is 18.0. The molecule has 1 unspecified atom stereocenters. The second-order valence-corrected chi connectivity index (χ2v) is 3.45. The van der Waals surface area contributed by atoms with E-state index in [4.69, 9.17) is 15.6 Å². The SMILES string of the molecule is COc1ccc(CCC(N)C(=O)O)cc1F. The van der Waals surface area contributed by atoms with Crippen molar-refractivity contribution in [3.63, 3.8) is 0 Å². The highest BCUT2D eigenvalue weighted by atomic mass is 19.1. The van der Waals surface area contributed by atoms with Gasteiger partial charge in [0.1, 0.15) is 6.04 Å². The molecule has 0 aliphatic rings. The molecule has 5 heteroatoms. The molecular weight excluding hydrogens is 213 g/mol. The Balaban J connectivity index is 2.62. The third-order valence-electron chi connectivity index (χ3n) is 2.28. The molecule has 1 aromatic carbocycles. The quantitative estimate of drug-likeness (QED) is 0.792. The Labute approximate surface area is 92.8 Å². The lowest BCUT2D eigenvalue weighted by Gasteiger charge is -2.07. The largest absolute Gasteiger partial charge is 0.494 e. The van der Waals surface area contributed by atoms with Crippen molar-refractivity contribution < 1.29 is 19.0 Å². The van der Waals surface area contributed by atoms with E-state index in [-0.39, 0.29) is 12.2 Å². The summed E-state index contributed by atoms with van der Waals surface area (Å²) in [5.41, 5.74) is 6.04. The number of rotatable bonds is 5. The second-order valence-electron chi connectivity index (χ2n) is 3.45. The van der Waals surface area contributed by atoms with E-state index in [2.05, 4.69) is 0 Å². The van der Waals surface area contributed by atoms with Crippen molar-refractivity contribution in [2.75, 3.05) is 7.11 Å². The number of aliphatic carboxylic acids is 1. The molecule has 4 nitrogen and oxygen atoms in total. The first-order valence-corrected chi connectivity index (χ1v) is 4.85. The van der Waals surface area contributed by atoms with Crippen LogP contribution < -0.4 is 10.5 Å². The molecule has 0 saturated heterocycles. The van der Waals surface area contributed by atoms with Gasteiger partial charge in [-0.3, -0.25) is 4.79 Å². The summed E-state index contributed by atoms with van der Waals surface area (Å²) in [7, 11) is 1.39. The predicted octanol–water partition coefficient (Wildman–Crippen LogP) is 1.18. The fourth-order valence-electron chi connectivity index (χ4n) is 1.31. The minimum atomic E-state index is -1.05. The molecule has 0 bridgehead atoms. The van der Waals surface area contributed by atoms with Gasteiger partial charge in [0.15, 0.2) is 11.6 Å². The molecule has 0 heterocycles. The van der Waals surface area contributed by atoms with Crippen LogP contribution in [0.4, 0.5) is 4.39 Å². The van der Waals surface area contributed by atoms with Gasteiger partial charge in [-0.1, -0.05) is 6.07 Å². The Morgan fingerprint density at radius 3 is 2.81 bits per heavy atom. The number of aryl methyl sites for hydroxylation is 1. The predicted molar refractivity (Wildman–Crippen MR) is 56.9 cm³/mol. The molecule has 0 radical (unpaired) electrons. The molecule has 0 spiro atoms. The van der Waals surface area contributed by atoms with Crippen LogP contribution in [0, 0.1) is 5.82 Å². The highest BCUT2D eigenvalue weighted by Gasteiger charge is 2.11. The summed E-state index contributed by atoms with van der Waals surface area (Å²) in [6.07, 6.45) is 0.704. The van der Waals surface area contributed by atoms with Crippen LogP contribution in [-0.4, -0.2) is 24.2 Å². The lowest BCUT2D eigenvalue weighted by molar-refractivity contribution is -0.138. The van der Waals surface area contributed by atoms with Crippen molar-refractivity contribution in [2.24, 2.45) is 5.73 Å². The molecule has 88 valence electrons. The van der Waals surface area contributed by atoms with E-state index in [1.54, 1.807) is 6.07 Å². The maximum absolute atomic E-state index is 13.3. The number of hydrogen-bond donors (Lipinski definition) is 2. The molecule has 0 fully saturated rings. The van der Waals surface area contributed by atoms with Gasteiger partial charge < -0.3 is 15.6 Å². The fraction of sp³-hybridized carbons (Fsp3) is 0.364. The highest BCUT2D eigenvalue weighted by Crippen LogP contribution is 2.18. The molecule has 16 heavy (non-hydrogen) atoms. The number of ether oxygens (including phenoxy) is 1. The van der Waals surface area contributed by atoms with Crippen LogP contribution in [0.2, 0.25) is 0 Å². The van der Waals surface area contributed by atoms with Gasteiger partial charge in [0.2, 0.25) is 0 Å². The third-order valence-corrected chi connectivity index (χ3v) is 2.28. The minimum absolute atomic E-state index is 0.172. The van der Waals surface area contributed by atoms with Crippen molar-refractivity contribution >= 4 is 5.97 Å². The summed E-state index contributed by atoms with van der Waals surface area (Å²) >= 11 is 0. The van der Waals surface area contributed by atoms with Crippen LogP contribution in [-0.2, 0) is 11.2 Å². The van der Waals surface area contributed by atoms with Crippen molar-refractivity contribution in [2.45, 2.75) is 18.9 Å². The van der Waals surface area contributed by atoms with Gasteiger partial charge in [0.05, 0.1) is 7.11 Å². The molecule has 1 aromatic rings. The average molecular weight is 227 g/mol. The Morgan fingerprint density at radius 2 is 2.31 bits per heavy atom. The normalized spacial score (nSPS) is 12.2. The van der Waals surface area contributed by atoms with Gasteiger partial charge in [-0.15, -0.1) is 0 Å². The maximum atomic E-state index is 13.3. The molecule has 0 aliphatic carbocycles. The van der Waals surface area contributed by atoms with E-state index in [1.807, 2.05) is 0 Å². The lowest BCUT2D eigenvalue weighted by Crippen LogP contribution is -2.30. The number of carboxylic acid groups (broad SMARTS) is 1. The first-order valence-electron chi connectivity index (χ1n) is 4.85. The first-order chi connectivity index (χ1) is 7.54. The summed E-state index contributed by atoms with van der Waals surface area (Å²) in [4.78, 5) is 10.5. The zero-order valence-corrected chi connectivity index (χ0v) is 8.94. The van der Waals surface area contributed by atoms with Gasteiger partial charge in [-0.25, -0.2) is 4.39 Å². The van der Waals surface area contributed by atoms with E-state index in [1.165, 1.54) is 19.2 Å². The topological polar surface area (TPSA) is 72.5 Å². The molecular formula is C11H14FNO3. The summed E-state index contributed by atoms with van der Waals surface area (Å²) in [6.45, 7) is 0. The third kappa shape index (κ3) is 3.20. The average Bonchev–Trinajstić information content (AvgIpc) is 2.25. The minimum Gasteiger partial charge on any atom is -0.494 e. The summed E-state index contributed by atoms with van der Waals surface area (Å²) in [6, 6.07) is 3.62. The molecule has 3 N–H and O–H groups in total. The van der Waals surface area contributed by atoms with Gasteiger partial charge in [-0.2, -0.15) is 0 Å². The smallest absolute Gasteiger partial charge is 0.320 e. The molecule has 1 rings (SSSR count). The Bertz CT molecular complexity index is 381. The first kappa shape index (κ1) is 12.4. The van der Waals surface area contributed by atoms with E-state index in [0.29, 0.717) is 12.0 Å². The van der Waals surface area contributed by atoms with Crippen LogP contribution in [0.5, 0.6) is 5.75 Å². The van der Waals surface area contributed by atoms with Gasteiger partial charge in [0.25, 0.3) is 0 Å². The van der Waals surface area contributed by atoms with Crippen LogP contribution in [0.1, 0.15) is 12.0 Å². The standard InChI is InChI=1S/C11H14FNO3/c1-16-10-5-3-7(6-8(10)12)2-4-9(13)11(14)15/h3,5-6,9H,2,4,13H2,1H3,(H,14,15). The number of nitrogens with two attached hydrogens (primary N) is 1. The molecule has 0 aliphatic heterocycles. The molecule has 0 amide bonds.